The van der Waals surface area contributed by atoms with E-state index in [0.29, 0.717) is 23.8 Å². The van der Waals surface area contributed by atoms with Gasteiger partial charge in [-0.2, -0.15) is 0 Å². The molecule has 2 heterocycles. The minimum absolute atomic E-state index is 0.411. The van der Waals surface area contributed by atoms with Crippen molar-refractivity contribution in [3.63, 3.8) is 0 Å². The van der Waals surface area contributed by atoms with Gasteiger partial charge in [0.15, 0.2) is 0 Å². The van der Waals surface area contributed by atoms with Crippen LogP contribution < -0.4 is 4.74 Å². The molecule has 7 heteroatoms. The second-order valence-electron chi connectivity index (χ2n) is 3.77. The van der Waals surface area contributed by atoms with E-state index in [1.165, 1.54) is 19.6 Å². The summed E-state index contributed by atoms with van der Waals surface area (Å²) in [6.45, 7) is 2.74. The minimum Gasteiger partial charge on any atom is -0.481 e. The zero-order chi connectivity index (χ0) is 13.0. The van der Waals surface area contributed by atoms with Gasteiger partial charge in [-0.1, -0.05) is 12.1 Å². The second-order valence-corrected chi connectivity index (χ2v) is 3.77. The van der Waals surface area contributed by atoms with Gasteiger partial charge in [0.05, 0.1) is 24.7 Å². The molecule has 1 unspecified atom stereocenters. The number of aryl methyl sites for hydroxylation is 1. The van der Waals surface area contributed by atoms with Crippen LogP contribution in [0, 0.1) is 0 Å². The molecule has 0 aliphatic heterocycles. The smallest absolute Gasteiger partial charge is 0.216 e. The van der Waals surface area contributed by atoms with E-state index >= 15 is 0 Å². The molecule has 0 saturated carbocycles. The lowest BCUT2D eigenvalue weighted by molar-refractivity contribution is 0.201. The van der Waals surface area contributed by atoms with Gasteiger partial charge in [-0.25, -0.2) is 14.6 Å². The minimum atomic E-state index is -0.886. The fourth-order valence-corrected chi connectivity index (χ4v) is 1.63. The van der Waals surface area contributed by atoms with Crippen LogP contribution in [0.4, 0.5) is 0 Å². The Balaban J connectivity index is 2.29. The topological polar surface area (TPSA) is 86.0 Å². The number of ether oxygens (including phenoxy) is 1. The molecule has 0 aliphatic rings. The maximum atomic E-state index is 10.3. The van der Waals surface area contributed by atoms with Crippen molar-refractivity contribution in [2.24, 2.45) is 0 Å². The van der Waals surface area contributed by atoms with Crippen molar-refractivity contribution in [1.82, 2.24) is 25.0 Å². The summed E-state index contributed by atoms with van der Waals surface area (Å²) in [7, 11) is 1.52. The molecule has 0 aliphatic carbocycles. The van der Waals surface area contributed by atoms with E-state index in [0.717, 1.165) is 6.42 Å². The molecule has 7 nitrogen and oxygen atoms in total. The first-order valence-electron chi connectivity index (χ1n) is 5.68. The van der Waals surface area contributed by atoms with Crippen molar-refractivity contribution in [3.8, 4) is 5.88 Å². The van der Waals surface area contributed by atoms with E-state index in [4.69, 9.17) is 4.74 Å². The molecule has 96 valence electrons. The average molecular weight is 249 g/mol. The molecule has 0 fully saturated rings. The number of nitrogens with zero attached hydrogens (tertiary/aromatic N) is 5. The molecule has 2 aromatic rings. The zero-order valence-electron chi connectivity index (χ0n) is 10.3. The van der Waals surface area contributed by atoms with Gasteiger partial charge in [0.25, 0.3) is 0 Å². The van der Waals surface area contributed by atoms with Crippen LogP contribution >= 0.6 is 0 Å². The number of methoxy groups -OCH3 is 1. The van der Waals surface area contributed by atoms with E-state index in [1.54, 1.807) is 10.7 Å². The van der Waals surface area contributed by atoms with E-state index in [9.17, 15) is 5.11 Å². The van der Waals surface area contributed by atoms with Crippen molar-refractivity contribution < 1.29 is 9.84 Å². The SMILES string of the molecule is CCCn1nncc1C(O)c1cc(OC)ncn1. The molecule has 0 amide bonds. The number of hydrogen-bond donors (Lipinski definition) is 1. The van der Waals surface area contributed by atoms with Gasteiger partial charge in [-0.3, -0.25) is 0 Å². The maximum Gasteiger partial charge on any atom is 0.216 e. The predicted octanol–water partition coefficient (Wildman–Crippen LogP) is 0.568. The molecule has 2 aromatic heterocycles. The van der Waals surface area contributed by atoms with Crippen LogP contribution in [0.1, 0.15) is 30.8 Å². The van der Waals surface area contributed by atoms with Crippen LogP contribution in [-0.4, -0.2) is 37.2 Å². The lowest BCUT2D eigenvalue weighted by atomic mass is 10.2. The largest absolute Gasteiger partial charge is 0.481 e. The zero-order valence-corrected chi connectivity index (χ0v) is 10.3. The first-order chi connectivity index (χ1) is 8.76. The number of aliphatic hydroxyl groups is 1. The van der Waals surface area contributed by atoms with Gasteiger partial charge in [0.2, 0.25) is 5.88 Å². The Morgan fingerprint density at radius 1 is 1.44 bits per heavy atom. The van der Waals surface area contributed by atoms with Crippen molar-refractivity contribution in [3.05, 3.63) is 30.0 Å². The summed E-state index contributed by atoms with van der Waals surface area (Å²) in [5, 5.41) is 18.0. The molecule has 1 atom stereocenters. The summed E-state index contributed by atoms with van der Waals surface area (Å²) in [5.41, 5.74) is 1.07. The van der Waals surface area contributed by atoms with Gasteiger partial charge in [-0.05, 0) is 6.42 Å². The van der Waals surface area contributed by atoms with Crippen LogP contribution in [0.5, 0.6) is 5.88 Å². The summed E-state index contributed by atoms with van der Waals surface area (Å²) >= 11 is 0. The normalized spacial score (nSPS) is 12.4. The summed E-state index contributed by atoms with van der Waals surface area (Å²) in [6, 6.07) is 1.59. The Hall–Kier alpha value is -2.02. The Labute approximate surface area is 104 Å². The molecule has 0 saturated heterocycles. The number of aromatic nitrogens is 5. The summed E-state index contributed by atoms with van der Waals surface area (Å²) < 4.78 is 6.67. The first-order valence-corrected chi connectivity index (χ1v) is 5.68. The Bertz CT molecular complexity index is 514. The summed E-state index contributed by atoms with van der Waals surface area (Å²) in [5.74, 6) is 0.411. The van der Waals surface area contributed by atoms with E-state index in [1.807, 2.05) is 6.92 Å². The van der Waals surface area contributed by atoms with Gasteiger partial charge in [0.1, 0.15) is 12.4 Å². The average Bonchev–Trinajstić information content (AvgIpc) is 2.86. The quantitative estimate of drug-likeness (QED) is 0.833. The third-order valence-corrected chi connectivity index (χ3v) is 2.52. The van der Waals surface area contributed by atoms with Gasteiger partial charge < -0.3 is 9.84 Å². The van der Waals surface area contributed by atoms with Crippen molar-refractivity contribution in [2.45, 2.75) is 26.0 Å². The second kappa shape index (κ2) is 5.54. The molecule has 0 spiro atoms. The van der Waals surface area contributed by atoms with Crippen LogP contribution in [0.25, 0.3) is 0 Å². The lowest BCUT2D eigenvalue weighted by Crippen LogP contribution is -2.11. The van der Waals surface area contributed by atoms with Gasteiger partial charge in [0, 0.05) is 12.6 Å². The van der Waals surface area contributed by atoms with E-state index in [-0.39, 0.29) is 0 Å². The van der Waals surface area contributed by atoms with Crippen LogP contribution in [0.3, 0.4) is 0 Å². The third-order valence-electron chi connectivity index (χ3n) is 2.52. The standard InChI is InChI=1S/C11H15N5O2/c1-3-4-16-9(6-14-15-16)11(17)8-5-10(18-2)13-7-12-8/h5-7,11,17H,3-4H2,1-2H3. The highest BCUT2D eigenvalue weighted by molar-refractivity contribution is 5.21. The Kier molecular flexibility index (Phi) is 3.83. The fourth-order valence-electron chi connectivity index (χ4n) is 1.63. The number of hydrogen-bond acceptors (Lipinski definition) is 6. The number of aliphatic hydroxyl groups excluding tert-OH is 1. The lowest BCUT2D eigenvalue weighted by Gasteiger charge is -2.11. The van der Waals surface area contributed by atoms with Crippen LogP contribution in [0.15, 0.2) is 18.6 Å². The summed E-state index contributed by atoms with van der Waals surface area (Å²) in [6.07, 6.45) is 2.92. The summed E-state index contributed by atoms with van der Waals surface area (Å²) in [4.78, 5) is 7.93. The highest BCUT2D eigenvalue weighted by Crippen LogP contribution is 2.21. The molecule has 0 aromatic carbocycles. The molecular formula is C11H15N5O2. The van der Waals surface area contributed by atoms with Crippen molar-refractivity contribution >= 4 is 0 Å². The predicted molar refractivity (Wildman–Crippen MR) is 63.0 cm³/mol. The van der Waals surface area contributed by atoms with E-state index < -0.39 is 6.10 Å². The van der Waals surface area contributed by atoms with E-state index in [2.05, 4.69) is 20.3 Å². The molecule has 0 bridgehead atoms. The van der Waals surface area contributed by atoms with Gasteiger partial charge >= 0.3 is 0 Å². The fraction of sp³-hybridized carbons (Fsp3) is 0.455. The molecular weight excluding hydrogens is 234 g/mol. The Morgan fingerprint density at radius 2 is 2.28 bits per heavy atom. The van der Waals surface area contributed by atoms with Gasteiger partial charge in [-0.15, -0.1) is 5.10 Å². The molecule has 18 heavy (non-hydrogen) atoms. The molecule has 1 N–H and O–H groups in total. The van der Waals surface area contributed by atoms with Crippen LogP contribution in [-0.2, 0) is 6.54 Å². The van der Waals surface area contributed by atoms with Crippen LogP contribution in [0.2, 0.25) is 0 Å². The monoisotopic (exact) mass is 249 g/mol. The molecule has 2 rings (SSSR count). The first kappa shape index (κ1) is 12.4. The third kappa shape index (κ3) is 2.45. The highest BCUT2D eigenvalue weighted by atomic mass is 16.5. The maximum absolute atomic E-state index is 10.3. The highest BCUT2D eigenvalue weighted by Gasteiger charge is 2.18. The van der Waals surface area contributed by atoms with Crippen molar-refractivity contribution in [2.75, 3.05) is 7.11 Å². The molecule has 0 radical (unpaired) electrons. The van der Waals surface area contributed by atoms with Crippen molar-refractivity contribution in [1.29, 1.82) is 0 Å². The number of rotatable bonds is 5. The Morgan fingerprint density at radius 3 is 3.00 bits per heavy atom.